The van der Waals surface area contributed by atoms with Crippen LogP contribution in [-0.2, 0) is 4.74 Å². The Morgan fingerprint density at radius 3 is 2.57 bits per heavy atom. The smallest absolute Gasteiger partial charge is 0.342 e. The molecule has 0 heterocycles. The van der Waals surface area contributed by atoms with Crippen LogP contribution in [0.1, 0.15) is 23.7 Å². The van der Waals surface area contributed by atoms with Gasteiger partial charge in [-0.05, 0) is 6.92 Å². The number of methoxy groups -OCH3 is 1. The molecule has 116 valence electrons. The zero-order valence-electron chi connectivity index (χ0n) is 11.8. The number of hydrogen-bond donors (Lipinski definition) is 1. The largest absolute Gasteiger partial charge is 0.493 e. The molecule has 0 spiro atoms. The van der Waals surface area contributed by atoms with Crippen LogP contribution in [0.15, 0.2) is 12.1 Å². The highest BCUT2D eigenvalue weighted by Gasteiger charge is 2.24. The Bertz CT molecular complexity index is 515. The van der Waals surface area contributed by atoms with Crippen molar-refractivity contribution >= 4 is 11.7 Å². The average Bonchev–Trinajstić information content (AvgIpc) is 2.46. The number of hydrogen-bond acceptors (Lipinski definition) is 6. The lowest BCUT2D eigenvalue weighted by Crippen LogP contribution is -2.07. The van der Waals surface area contributed by atoms with Crippen molar-refractivity contribution in [2.45, 2.75) is 13.3 Å². The fourth-order valence-electron chi connectivity index (χ4n) is 1.63. The normalized spacial score (nSPS) is 10.2. The zero-order chi connectivity index (χ0) is 15.8. The van der Waals surface area contributed by atoms with Crippen LogP contribution in [0.4, 0.5) is 5.69 Å². The molecule has 0 aliphatic carbocycles. The molecule has 0 fully saturated rings. The van der Waals surface area contributed by atoms with Crippen molar-refractivity contribution in [2.75, 3.05) is 26.9 Å². The molecule has 1 rings (SSSR count). The first-order valence-corrected chi connectivity index (χ1v) is 6.31. The summed E-state index contributed by atoms with van der Waals surface area (Å²) in [6.07, 6.45) is 0.603. The molecule has 0 amide bonds. The summed E-state index contributed by atoms with van der Waals surface area (Å²) in [5.41, 5.74) is -0.985. The molecule has 0 unspecified atom stereocenters. The predicted octanol–water partition coefficient (Wildman–Crippen LogP) is 2.11. The summed E-state index contributed by atoms with van der Waals surface area (Å²) in [5, 5.41) is 19.9. The van der Waals surface area contributed by atoms with Crippen LogP contribution in [0.25, 0.3) is 0 Å². The van der Waals surface area contributed by atoms with Crippen LogP contribution in [0, 0.1) is 10.1 Å². The van der Waals surface area contributed by atoms with Gasteiger partial charge in [-0.2, -0.15) is 0 Å². The Morgan fingerprint density at radius 1 is 1.33 bits per heavy atom. The van der Waals surface area contributed by atoms with Crippen LogP contribution in [0.5, 0.6) is 11.5 Å². The molecule has 0 aliphatic rings. The molecule has 0 radical (unpaired) electrons. The first-order chi connectivity index (χ1) is 10.0. The maximum atomic E-state index is 11.0. The van der Waals surface area contributed by atoms with Crippen LogP contribution in [0.2, 0.25) is 0 Å². The van der Waals surface area contributed by atoms with Gasteiger partial charge < -0.3 is 19.3 Å². The number of nitrogens with zero attached hydrogens (tertiary/aromatic N) is 1. The molecular formula is C13H17NO7. The predicted molar refractivity (Wildman–Crippen MR) is 73.2 cm³/mol. The monoisotopic (exact) mass is 299 g/mol. The van der Waals surface area contributed by atoms with Gasteiger partial charge in [0.05, 0.1) is 24.7 Å². The van der Waals surface area contributed by atoms with E-state index < -0.39 is 22.1 Å². The van der Waals surface area contributed by atoms with Gasteiger partial charge in [0, 0.05) is 25.7 Å². The molecule has 1 aromatic carbocycles. The maximum absolute atomic E-state index is 11.0. The molecule has 8 heteroatoms. The lowest BCUT2D eigenvalue weighted by atomic mass is 10.1. The van der Waals surface area contributed by atoms with Crippen LogP contribution >= 0.6 is 0 Å². The Morgan fingerprint density at radius 2 is 2.05 bits per heavy atom. The van der Waals surface area contributed by atoms with Gasteiger partial charge in [0.25, 0.3) is 5.69 Å². The van der Waals surface area contributed by atoms with Gasteiger partial charge >= 0.3 is 5.97 Å². The Labute approximate surface area is 121 Å². The van der Waals surface area contributed by atoms with E-state index in [4.69, 9.17) is 19.3 Å². The zero-order valence-corrected chi connectivity index (χ0v) is 11.8. The molecule has 0 saturated heterocycles. The molecule has 0 aromatic heterocycles. The number of ether oxygens (including phenoxy) is 3. The van der Waals surface area contributed by atoms with Gasteiger partial charge in [0.15, 0.2) is 11.5 Å². The number of nitro groups is 1. The van der Waals surface area contributed by atoms with E-state index in [1.54, 1.807) is 0 Å². The Kier molecular flexibility index (Phi) is 6.41. The van der Waals surface area contributed by atoms with E-state index in [0.717, 1.165) is 12.1 Å². The van der Waals surface area contributed by atoms with Gasteiger partial charge in [-0.3, -0.25) is 10.1 Å². The highest BCUT2D eigenvalue weighted by Crippen LogP contribution is 2.34. The summed E-state index contributed by atoms with van der Waals surface area (Å²) < 4.78 is 15.5. The lowest BCUT2D eigenvalue weighted by molar-refractivity contribution is -0.385. The number of aromatic carboxylic acids is 1. The number of nitro benzene ring substituents is 1. The van der Waals surface area contributed by atoms with E-state index in [2.05, 4.69) is 0 Å². The number of carboxylic acids is 1. The minimum Gasteiger partial charge on any atom is -0.493 e. The molecule has 21 heavy (non-hydrogen) atoms. The van der Waals surface area contributed by atoms with E-state index in [9.17, 15) is 14.9 Å². The van der Waals surface area contributed by atoms with E-state index in [-0.39, 0.29) is 18.1 Å². The SMILES string of the molecule is CCOCCCOc1cc([N+](=O)[O-])c(C(=O)O)cc1OC. The molecule has 0 saturated carbocycles. The van der Waals surface area contributed by atoms with E-state index in [0.29, 0.717) is 19.6 Å². The van der Waals surface area contributed by atoms with Gasteiger partial charge in [-0.1, -0.05) is 0 Å². The fourth-order valence-corrected chi connectivity index (χ4v) is 1.63. The molecule has 1 N–H and O–H groups in total. The second kappa shape index (κ2) is 8.05. The summed E-state index contributed by atoms with van der Waals surface area (Å²) in [6, 6.07) is 2.14. The number of carbonyl (C=O) groups is 1. The van der Waals surface area contributed by atoms with Crippen molar-refractivity contribution in [3.05, 3.63) is 27.8 Å². The Hall–Kier alpha value is -2.35. The van der Waals surface area contributed by atoms with Gasteiger partial charge in [0.1, 0.15) is 5.56 Å². The van der Waals surface area contributed by atoms with Crippen molar-refractivity contribution in [1.29, 1.82) is 0 Å². The number of carboxylic acid groups (broad SMARTS) is 1. The summed E-state index contributed by atoms with van der Waals surface area (Å²) >= 11 is 0. The summed E-state index contributed by atoms with van der Waals surface area (Å²) in [4.78, 5) is 21.2. The maximum Gasteiger partial charge on any atom is 0.342 e. The van der Waals surface area contributed by atoms with Gasteiger partial charge in [-0.25, -0.2) is 4.79 Å². The van der Waals surface area contributed by atoms with Crippen molar-refractivity contribution in [2.24, 2.45) is 0 Å². The third kappa shape index (κ3) is 4.60. The fraction of sp³-hybridized carbons (Fsp3) is 0.462. The third-order valence-corrected chi connectivity index (χ3v) is 2.60. The third-order valence-electron chi connectivity index (χ3n) is 2.60. The summed E-state index contributed by atoms with van der Waals surface area (Å²) in [5.74, 6) is -1.14. The van der Waals surface area contributed by atoms with Gasteiger partial charge in [0.2, 0.25) is 0 Å². The van der Waals surface area contributed by atoms with E-state index in [1.165, 1.54) is 7.11 Å². The van der Waals surface area contributed by atoms with E-state index >= 15 is 0 Å². The first kappa shape index (κ1) is 16.7. The Balaban J connectivity index is 2.94. The van der Waals surface area contributed by atoms with Crippen LogP contribution < -0.4 is 9.47 Å². The van der Waals surface area contributed by atoms with Crippen molar-refractivity contribution in [1.82, 2.24) is 0 Å². The number of benzene rings is 1. The van der Waals surface area contributed by atoms with Crippen molar-refractivity contribution in [3.8, 4) is 11.5 Å². The van der Waals surface area contributed by atoms with E-state index in [1.807, 2.05) is 6.92 Å². The topological polar surface area (TPSA) is 108 Å². The van der Waals surface area contributed by atoms with Crippen LogP contribution in [-0.4, -0.2) is 42.9 Å². The highest BCUT2D eigenvalue weighted by atomic mass is 16.6. The molecule has 0 aliphatic heterocycles. The second-order valence-electron chi connectivity index (χ2n) is 3.98. The summed E-state index contributed by atoms with van der Waals surface area (Å²) in [6.45, 7) is 3.26. The highest BCUT2D eigenvalue weighted by molar-refractivity contribution is 5.93. The van der Waals surface area contributed by atoms with Gasteiger partial charge in [-0.15, -0.1) is 0 Å². The molecule has 1 aromatic rings. The molecule has 0 bridgehead atoms. The average molecular weight is 299 g/mol. The first-order valence-electron chi connectivity index (χ1n) is 6.31. The number of rotatable bonds is 9. The summed E-state index contributed by atoms with van der Waals surface area (Å²) in [7, 11) is 1.33. The van der Waals surface area contributed by atoms with Crippen molar-refractivity contribution < 1.29 is 29.0 Å². The molecular weight excluding hydrogens is 282 g/mol. The van der Waals surface area contributed by atoms with Crippen molar-refractivity contribution in [3.63, 3.8) is 0 Å². The molecule has 8 nitrogen and oxygen atoms in total. The minimum atomic E-state index is -1.40. The lowest BCUT2D eigenvalue weighted by Gasteiger charge is -2.11. The standard InChI is InChI=1S/C13H17NO7/c1-3-20-5-4-6-21-12-8-10(14(17)18)9(13(15)16)7-11(12)19-2/h7-8H,3-6H2,1-2H3,(H,15,16). The van der Waals surface area contributed by atoms with Crippen LogP contribution in [0.3, 0.4) is 0 Å². The minimum absolute atomic E-state index is 0.130. The quantitative estimate of drug-likeness (QED) is 0.422. The molecule has 0 atom stereocenters. The second-order valence-corrected chi connectivity index (χ2v) is 3.98.